The summed E-state index contributed by atoms with van der Waals surface area (Å²) in [6.45, 7) is 2.10. The van der Waals surface area contributed by atoms with Gasteiger partial charge in [0.1, 0.15) is 5.75 Å². The lowest BCUT2D eigenvalue weighted by Crippen LogP contribution is -2.21. The molecule has 2 unspecified atom stereocenters. The molecule has 0 saturated heterocycles. The first-order chi connectivity index (χ1) is 8.59. The fraction of sp³-hybridized carbons (Fsp3) is 0.250. The van der Waals surface area contributed by atoms with Crippen LogP contribution in [-0.2, 0) is 5.54 Å². The molecule has 0 amide bonds. The summed E-state index contributed by atoms with van der Waals surface area (Å²) in [7, 11) is 0. The van der Waals surface area contributed by atoms with E-state index in [1.807, 2.05) is 12.1 Å². The summed E-state index contributed by atoms with van der Waals surface area (Å²) in [6.07, 6.45) is 0.944. The molecule has 18 heavy (non-hydrogen) atoms. The number of hydrogen-bond acceptors (Lipinski definition) is 2. The first-order valence-corrected chi connectivity index (χ1v) is 6.24. The van der Waals surface area contributed by atoms with Crippen molar-refractivity contribution < 1.29 is 5.11 Å². The Bertz CT molecular complexity index is 593. The SMILES string of the molecule is Cc1cccc(C2CC2(N)c2cccc(O)c2)c1. The molecule has 2 aromatic carbocycles. The summed E-state index contributed by atoms with van der Waals surface area (Å²) in [6, 6.07) is 15.8. The van der Waals surface area contributed by atoms with Crippen molar-refractivity contribution in [1.82, 2.24) is 0 Å². The highest BCUT2D eigenvalue weighted by Gasteiger charge is 2.52. The number of aryl methyl sites for hydroxylation is 1. The molecular formula is C16H17NO. The second-order valence-corrected chi connectivity index (χ2v) is 5.26. The van der Waals surface area contributed by atoms with E-state index in [4.69, 9.17) is 5.73 Å². The summed E-state index contributed by atoms with van der Waals surface area (Å²) in [5.41, 5.74) is 9.72. The van der Waals surface area contributed by atoms with Crippen molar-refractivity contribution in [2.45, 2.75) is 24.8 Å². The van der Waals surface area contributed by atoms with Crippen molar-refractivity contribution in [1.29, 1.82) is 0 Å². The summed E-state index contributed by atoms with van der Waals surface area (Å²) < 4.78 is 0. The van der Waals surface area contributed by atoms with Crippen molar-refractivity contribution in [3.05, 3.63) is 65.2 Å². The van der Waals surface area contributed by atoms with Crippen LogP contribution in [-0.4, -0.2) is 5.11 Å². The van der Waals surface area contributed by atoms with Crippen LogP contribution in [0, 0.1) is 6.92 Å². The Morgan fingerprint density at radius 1 is 1.17 bits per heavy atom. The molecule has 0 aliphatic heterocycles. The quantitative estimate of drug-likeness (QED) is 0.846. The van der Waals surface area contributed by atoms with Crippen LogP contribution in [0.15, 0.2) is 48.5 Å². The van der Waals surface area contributed by atoms with Gasteiger partial charge in [0.15, 0.2) is 0 Å². The van der Waals surface area contributed by atoms with Crippen LogP contribution >= 0.6 is 0 Å². The van der Waals surface area contributed by atoms with Crippen molar-refractivity contribution >= 4 is 0 Å². The number of nitrogens with two attached hydrogens (primary N) is 1. The van der Waals surface area contributed by atoms with E-state index >= 15 is 0 Å². The van der Waals surface area contributed by atoms with Gasteiger partial charge in [0.2, 0.25) is 0 Å². The van der Waals surface area contributed by atoms with Crippen LogP contribution < -0.4 is 5.73 Å². The Labute approximate surface area is 107 Å². The van der Waals surface area contributed by atoms with Crippen molar-refractivity contribution in [2.24, 2.45) is 5.73 Å². The van der Waals surface area contributed by atoms with Crippen LogP contribution in [0.4, 0.5) is 0 Å². The first kappa shape index (κ1) is 11.3. The molecule has 2 heteroatoms. The van der Waals surface area contributed by atoms with Crippen LogP contribution in [0.1, 0.15) is 29.0 Å². The molecule has 2 atom stereocenters. The zero-order chi connectivity index (χ0) is 12.8. The highest BCUT2D eigenvalue weighted by molar-refractivity contribution is 5.44. The van der Waals surface area contributed by atoms with Gasteiger partial charge in [-0.05, 0) is 36.6 Å². The van der Waals surface area contributed by atoms with Crippen LogP contribution in [0.2, 0.25) is 0 Å². The van der Waals surface area contributed by atoms with E-state index in [2.05, 4.69) is 31.2 Å². The zero-order valence-electron chi connectivity index (χ0n) is 10.4. The van der Waals surface area contributed by atoms with Crippen molar-refractivity contribution in [3.8, 4) is 5.75 Å². The molecule has 1 fully saturated rings. The predicted octanol–water partition coefficient (Wildman–Crippen LogP) is 3.04. The zero-order valence-corrected chi connectivity index (χ0v) is 10.4. The number of phenols is 1. The summed E-state index contributed by atoms with van der Waals surface area (Å²) in [5, 5.41) is 9.55. The summed E-state index contributed by atoms with van der Waals surface area (Å²) >= 11 is 0. The molecule has 2 aromatic rings. The molecular weight excluding hydrogens is 222 g/mol. The van der Waals surface area contributed by atoms with Gasteiger partial charge >= 0.3 is 0 Å². The minimum Gasteiger partial charge on any atom is -0.508 e. The topological polar surface area (TPSA) is 46.2 Å². The third-order valence-corrected chi connectivity index (χ3v) is 3.83. The van der Waals surface area contributed by atoms with E-state index in [1.54, 1.807) is 12.1 Å². The summed E-state index contributed by atoms with van der Waals surface area (Å²) in [5.74, 6) is 0.645. The largest absolute Gasteiger partial charge is 0.508 e. The van der Waals surface area contributed by atoms with Gasteiger partial charge < -0.3 is 10.8 Å². The molecule has 3 rings (SSSR count). The molecule has 1 saturated carbocycles. The number of hydrogen-bond donors (Lipinski definition) is 2. The molecule has 0 aromatic heterocycles. The molecule has 2 nitrogen and oxygen atoms in total. The molecule has 3 N–H and O–H groups in total. The van der Waals surface area contributed by atoms with Crippen molar-refractivity contribution in [3.63, 3.8) is 0 Å². The standard InChI is InChI=1S/C16H17NO/c1-11-4-2-5-12(8-11)15-10-16(15,17)13-6-3-7-14(18)9-13/h2-9,15,18H,10,17H2,1H3. The van der Waals surface area contributed by atoms with Gasteiger partial charge in [-0.2, -0.15) is 0 Å². The van der Waals surface area contributed by atoms with E-state index in [0.29, 0.717) is 5.92 Å². The van der Waals surface area contributed by atoms with Crippen LogP contribution in [0.5, 0.6) is 5.75 Å². The van der Waals surface area contributed by atoms with E-state index in [0.717, 1.165) is 12.0 Å². The van der Waals surface area contributed by atoms with Gasteiger partial charge in [-0.1, -0.05) is 42.0 Å². The Kier molecular flexibility index (Phi) is 2.42. The van der Waals surface area contributed by atoms with E-state index < -0.39 is 0 Å². The van der Waals surface area contributed by atoms with Gasteiger partial charge in [0, 0.05) is 11.5 Å². The second-order valence-electron chi connectivity index (χ2n) is 5.26. The molecule has 1 aliphatic carbocycles. The number of rotatable bonds is 2. The maximum Gasteiger partial charge on any atom is 0.115 e. The predicted molar refractivity (Wildman–Crippen MR) is 72.5 cm³/mol. The van der Waals surface area contributed by atoms with E-state index in [-0.39, 0.29) is 11.3 Å². The average Bonchev–Trinajstić information content (AvgIpc) is 3.03. The lowest BCUT2D eigenvalue weighted by atomic mass is 9.98. The molecule has 0 spiro atoms. The molecule has 1 aliphatic rings. The lowest BCUT2D eigenvalue weighted by molar-refractivity contribution is 0.473. The van der Waals surface area contributed by atoms with Gasteiger partial charge in [-0.15, -0.1) is 0 Å². The number of benzene rings is 2. The Morgan fingerprint density at radius 3 is 2.67 bits per heavy atom. The maximum atomic E-state index is 9.55. The third kappa shape index (κ3) is 1.79. The third-order valence-electron chi connectivity index (χ3n) is 3.83. The van der Waals surface area contributed by atoms with Crippen LogP contribution in [0.3, 0.4) is 0 Å². The van der Waals surface area contributed by atoms with Crippen LogP contribution in [0.25, 0.3) is 0 Å². The second kappa shape index (κ2) is 3.85. The molecule has 0 bridgehead atoms. The highest BCUT2D eigenvalue weighted by Crippen LogP contribution is 2.56. The fourth-order valence-electron chi connectivity index (χ4n) is 2.70. The minimum atomic E-state index is -0.313. The Balaban J connectivity index is 1.92. The first-order valence-electron chi connectivity index (χ1n) is 6.24. The monoisotopic (exact) mass is 239 g/mol. The highest BCUT2D eigenvalue weighted by atomic mass is 16.3. The summed E-state index contributed by atoms with van der Waals surface area (Å²) in [4.78, 5) is 0. The van der Waals surface area contributed by atoms with E-state index in [1.165, 1.54) is 11.1 Å². The average molecular weight is 239 g/mol. The Hall–Kier alpha value is -1.80. The Morgan fingerprint density at radius 2 is 1.94 bits per heavy atom. The van der Waals surface area contributed by atoms with Gasteiger partial charge in [0.25, 0.3) is 0 Å². The van der Waals surface area contributed by atoms with Crippen molar-refractivity contribution in [2.75, 3.05) is 0 Å². The lowest BCUT2D eigenvalue weighted by Gasteiger charge is -2.13. The van der Waals surface area contributed by atoms with Gasteiger partial charge in [-0.25, -0.2) is 0 Å². The molecule has 0 radical (unpaired) electrons. The fourth-order valence-corrected chi connectivity index (χ4v) is 2.70. The van der Waals surface area contributed by atoms with E-state index in [9.17, 15) is 5.11 Å². The van der Waals surface area contributed by atoms with Gasteiger partial charge in [0.05, 0.1) is 0 Å². The number of aromatic hydroxyl groups is 1. The minimum absolute atomic E-state index is 0.284. The molecule has 92 valence electrons. The molecule has 0 heterocycles. The maximum absolute atomic E-state index is 9.55. The number of phenolic OH excluding ortho intramolecular Hbond substituents is 1. The smallest absolute Gasteiger partial charge is 0.115 e. The normalized spacial score (nSPS) is 26.0. The van der Waals surface area contributed by atoms with Gasteiger partial charge in [-0.3, -0.25) is 0 Å².